The fraction of sp³-hybridized carbons (Fsp3) is 0.516. The minimum absolute atomic E-state index is 0.0579. The summed E-state index contributed by atoms with van der Waals surface area (Å²) in [6, 6.07) is 11.8. The van der Waals surface area contributed by atoms with E-state index < -0.39 is 23.8 Å². The molecular formula is C31H45N3O4S. The standard InChI is InChI=1S/C31H45N3O4S/c1-8-10-11-19-34(29(36)25(20-39)32-30(37)38-31(5,6)7)27(24-17-15-23(9-2)16-18-24)28(35)33-26-21(3)13-12-14-22(26)4/h12-18,25,27,39H,8-11,19-20H2,1-7H3,(H,32,37)(H,33,35). The summed E-state index contributed by atoms with van der Waals surface area (Å²) in [5.41, 5.74) is 3.73. The van der Waals surface area contributed by atoms with Gasteiger partial charge in [-0.15, -0.1) is 0 Å². The van der Waals surface area contributed by atoms with Crippen LogP contribution in [-0.4, -0.2) is 46.7 Å². The highest BCUT2D eigenvalue weighted by molar-refractivity contribution is 7.80. The number of para-hydroxylation sites is 1. The molecule has 0 radical (unpaired) electrons. The first-order valence-electron chi connectivity index (χ1n) is 13.8. The maximum absolute atomic E-state index is 14.0. The fourth-order valence-corrected chi connectivity index (χ4v) is 4.59. The van der Waals surface area contributed by atoms with Crippen LogP contribution in [0.1, 0.15) is 82.2 Å². The molecular weight excluding hydrogens is 510 g/mol. The first kappa shape index (κ1) is 32.2. The van der Waals surface area contributed by atoms with E-state index in [1.807, 2.05) is 56.3 Å². The van der Waals surface area contributed by atoms with E-state index in [4.69, 9.17) is 4.74 Å². The fourth-order valence-electron chi connectivity index (χ4n) is 4.35. The number of carbonyl (C=O) groups excluding carboxylic acids is 3. The van der Waals surface area contributed by atoms with Crippen LogP contribution in [0.25, 0.3) is 0 Å². The number of unbranched alkanes of at least 4 members (excludes halogenated alkanes) is 2. The molecule has 39 heavy (non-hydrogen) atoms. The third kappa shape index (κ3) is 9.60. The Morgan fingerprint density at radius 3 is 2.10 bits per heavy atom. The van der Waals surface area contributed by atoms with Crippen LogP contribution in [0, 0.1) is 13.8 Å². The number of benzene rings is 2. The van der Waals surface area contributed by atoms with Gasteiger partial charge in [-0.3, -0.25) is 9.59 Å². The minimum atomic E-state index is -0.963. The van der Waals surface area contributed by atoms with E-state index in [-0.39, 0.29) is 17.6 Å². The number of anilines is 1. The van der Waals surface area contributed by atoms with Crippen LogP contribution in [0.4, 0.5) is 10.5 Å². The normalized spacial score (nSPS) is 12.8. The predicted molar refractivity (Wildman–Crippen MR) is 161 cm³/mol. The van der Waals surface area contributed by atoms with Crippen molar-refractivity contribution in [3.05, 3.63) is 64.7 Å². The average molecular weight is 556 g/mol. The monoisotopic (exact) mass is 555 g/mol. The summed E-state index contributed by atoms with van der Waals surface area (Å²) in [6.45, 7) is 13.7. The molecule has 0 fully saturated rings. The van der Waals surface area contributed by atoms with Gasteiger partial charge in [-0.2, -0.15) is 12.6 Å². The SMILES string of the molecule is CCCCCN(C(=O)C(CS)NC(=O)OC(C)(C)C)C(C(=O)Nc1c(C)cccc1C)c1ccc(CC)cc1. The van der Waals surface area contributed by atoms with Crippen molar-refractivity contribution in [2.45, 2.75) is 91.8 Å². The maximum atomic E-state index is 14.0. The molecule has 2 aromatic carbocycles. The lowest BCUT2D eigenvalue weighted by atomic mass is 9.99. The van der Waals surface area contributed by atoms with E-state index in [0.717, 1.165) is 41.6 Å². The molecule has 0 bridgehead atoms. The van der Waals surface area contributed by atoms with Gasteiger partial charge in [-0.05, 0) is 69.7 Å². The van der Waals surface area contributed by atoms with Crippen molar-refractivity contribution in [2.75, 3.05) is 17.6 Å². The Kier molecular flexibility index (Phi) is 12.4. The number of nitrogens with one attached hydrogen (secondary N) is 2. The minimum Gasteiger partial charge on any atom is -0.444 e. The Morgan fingerprint density at radius 1 is 0.974 bits per heavy atom. The summed E-state index contributed by atoms with van der Waals surface area (Å²) in [5, 5.41) is 5.76. The lowest BCUT2D eigenvalue weighted by Crippen LogP contribution is -2.53. The van der Waals surface area contributed by atoms with Gasteiger partial charge in [0.05, 0.1) is 0 Å². The Bertz CT molecular complexity index is 1090. The maximum Gasteiger partial charge on any atom is 0.408 e. The summed E-state index contributed by atoms with van der Waals surface area (Å²) >= 11 is 4.37. The molecule has 2 atom stereocenters. The molecule has 0 saturated heterocycles. The van der Waals surface area contributed by atoms with Crippen molar-refractivity contribution >= 4 is 36.2 Å². The number of carbonyl (C=O) groups is 3. The second kappa shape index (κ2) is 15.0. The second-order valence-corrected chi connectivity index (χ2v) is 11.2. The van der Waals surface area contributed by atoms with Crippen molar-refractivity contribution in [3.63, 3.8) is 0 Å². The van der Waals surface area contributed by atoms with Gasteiger partial charge >= 0.3 is 6.09 Å². The molecule has 2 rings (SSSR count). The molecule has 2 unspecified atom stereocenters. The van der Waals surface area contributed by atoms with Gasteiger partial charge in [0, 0.05) is 18.0 Å². The van der Waals surface area contributed by atoms with Crippen LogP contribution < -0.4 is 10.6 Å². The Hall–Kier alpha value is -3.00. The summed E-state index contributed by atoms with van der Waals surface area (Å²) in [4.78, 5) is 42.2. The van der Waals surface area contributed by atoms with Crippen molar-refractivity contribution in [1.82, 2.24) is 10.2 Å². The number of hydrogen-bond donors (Lipinski definition) is 3. The number of ether oxygens (including phenoxy) is 1. The molecule has 2 N–H and O–H groups in total. The quantitative estimate of drug-likeness (QED) is 0.209. The summed E-state index contributed by atoms with van der Waals surface area (Å²) in [7, 11) is 0. The van der Waals surface area contributed by atoms with Crippen molar-refractivity contribution in [1.29, 1.82) is 0 Å². The number of alkyl carbamates (subject to hydrolysis) is 1. The molecule has 214 valence electrons. The van der Waals surface area contributed by atoms with Gasteiger partial charge < -0.3 is 20.3 Å². The summed E-state index contributed by atoms with van der Waals surface area (Å²) in [5.74, 6) is -0.632. The third-order valence-electron chi connectivity index (χ3n) is 6.45. The van der Waals surface area contributed by atoms with Gasteiger partial charge in [-0.1, -0.05) is 69.2 Å². The molecule has 3 amide bonds. The lowest BCUT2D eigenvalue weighted by Gasteiger charge is -2.34. The number of nitrogens with zero attached hydrogens (tertiary/aromatic N) is 1. The van der Waals surface area contributed by atoms with E-state index in [1.54, 1.807) is 25.7 Å². The number of aryl methyl sites for hydroxylation is 3. The molecule has 8 heteroatoms. The van der Waals surface area contributed by atoms with E-state index in [0.29, 0.717) is 18.5 Å². The molecule has 0 aromatic heterocycles. The molecule has 0 aliphatic carbocycles. The zero-order chi connectivity index (χ0) is 29.2. The molecule has 0 aliphatic rings. The van der Waals surface area contributed by atoms with Gasteiger partial charge in [0.1, 0.15) is 17.7 Å². The molecule has 0 spiro atoms. The average Bonchev–Trinajstić information content (AvgIpc) is 2.87. The van der Waals surface area contributed by atoms with Crippen molar-refractivity contribution in [2.24, 2.45) is 0 Å². The van der Waals surface area contributed by atoms with Crippen LogP contribution in [-0.2, 0) is 20.7 Å². The highest BCUT2D eigenvalue weighted by Crippen LogP contribution is 2.28. The van der Waals surface area contributed by atoms with E-state index in [1.165, 1.54) is 0 Å². The molecule has 7 nitrogen and oxygen atoms in total. The summed E-state index contributed by atoms with van der Waals surface area (Å²) in [6.07, 6.45) is 2.73. The first-order chi connectivity index (χ1) is 18.4. The highest BCUT2D eigenvalue weighted by Gasteiger charge is 2.36. The van der Waals surface area contributed by atoms with Crippen LogP contribution in [0.15, 0.2) is 42.5 Å². The zero-order valence-electron chi connectivity index (χ0n) is 24.5. The van der Waals surface area contributed by atoms with Crippen LogP contribution in [0.3, 0.4) is 0 Å². The first-order valence-corrected chi connectivity index (χ1v) is 14.4. The Balaban J connectivity index is 2.53. The second-order valence-electron chi connectivity index (χ2n) is 10.9. The summed E-state index contributed by atoms with van der Waals surface area (Å²) < 4.78 is 5.39. The number of rotatable bonds is 12. The van der Waals surface area contributed by atoms with E-state index >= 15 is 0 Å². The Morgan fingerprint density at radius 2 is 1.59 bits per heavy atom. The van der Waals surface area contributed by atoms with Crippen LogP contribution >= 0.6 is 12.6 Å². The third-order valence-corrected chi connectivity index (χ3v) is 6.82. The van der Waals surface area contributed by atoms with E-state index in [2.05, 4.69) is 37.1 Å². The van der Waals surface area contributed by atoms with Crippen molar-refractivity contribution in [3.8, 4) is 0 Å². The largest absolute Gasteiger partial charge is 0.444 e. The van der Waals surface area contributed by atoms with E-state index in [9.17, 15) is 14.4 Å². The molecule has 0 aliphatic heterocycles. The van der Waals surface area contributed by atoms with Gasteiger partial charge in [0.2, 0.25) is 5.91 Å². The highest BCUT2D eigenvalue weighted by atomic mass is 32.1. The van der Waals surface area contributed by atoms with Crippen LogP contribution in [0.2, 0.25) is 0 Å². The zero-order valence-corrected chi connectivity index (χ0v) is 25.4. The van der Waals surface area contributed by atoms with Crippen molar-refractivity contribution < 1.29 is 19.1 Å². The lowest BCUT2D eigenvalue weighted by molar-refractivity contribution is -0.140. The number of thiol groups is 1. The predicted octanol–water partition coefficient (Wildman–Crippen LogP) is 6.39. The number of amides is 3. The smallest absolute Gasteiger partial charge is 0.408 e. The van der Waals surface area contributed by atoms with Gasteiger partial charge in [0.15, 0.2) is 0 Å². The molecule has 0 saturated carbocycles. The van der Waals surface area contributed by atoms with Gasteiger partial charge in [0.25, 0.3) is 5.91 Å². The van der Waals surface area contributed by atoms with Crippen LogP contribution in [0.5, 0.6) is 0 Å². The Labute approximate surface area is 239 Å². The van der Waals surface area contributed by atoms with Gasteiger partial charge in [-0.25, -0.2) is 4.79 Å². The molecule has 2 aromatic rings. The topological polar surface area (TPSA) is 87.7 Å². The number of hydrogen-bond acceptors (Lipinski definition) is 5. The molecule has 0 heterocycles.